The van der Waals surface area contributed by atoms with Gasteiger partial charge in [0.25, 0.3) is 11.8 Å². The zero-order valence-corrected chi connectivity index (χ0v) is 28.9. The fourth-order valence-corrected chi connectivity index (χ4v) is 7.37. The van der Waals surface area contributed by atoms with Crippen LogP contribution in [0.4, 0.5) is 0 Å². The highest BCUT2D eigenvalue weighted by atomic mass is 32.2. The van der Waals surface area contributed by atoms with Crippen LogP contribution in [0.2, 0.25) is 0 Å². The molecule has 2 fully saturated rings. The average Bonchev–Trinajstić information content (AvgIpc) is 3.65. The summed E-state index contributed by atoms with van der Waals surface area (Å²) in [5.41, 5.74) is 4.60. The van der Waals surface area contributed by atoms with Crippen molar-refractivity contribution in [3.8, 4) is 17.2 Å². The van der Waals surface area contributed by atoms with Gasteiger partial charge in [0.1, 0.15) is 28.1 Å². The van der Waals surface area contributed by atoms with E-state index in [1.54, 1.807) is 39.5 Å². The number of hydrogen-bond acceptors (Lipinski definition) is 10. The zero-order valence-electron chi connectivity index (χ0n) is 27.3. The maximum Gasteiger partial charge on any atom is 0.326 e. The lowest BCUT2D eigenvalue weighted by atomic mass is 9.77. The molecule has 0 spiro atoms. The minimum Gasteiger partial charge on any atom is -0.497 e. The van der Waals surface area contributed by atoms with Crippen LogP contribution in [0.5, 0.6) is 17.2 Å². The Bertz CT molecular complexity index is 1840. The molecule has 0 aromatic heterocycles. The lowest BCUT2D eigenvalue weighted by molar-refractivity contribution is -0.154. The summed E-state index contributed by atoms with van der Waals surface area (Å²) in [6.07, 6.45) is 6.42. The maximum atomic E-state index is 13.8. The third-order valence-corrected chi connectivity index (χ3v) is 9.98. The average molecular weight is 698 g/mol. The number of allylic oxidation sites excluding steroid dienone is 1. The summed E-state index contributed by atoms with van der Waals surface area (Å²) in [5, 5.41) is 6.31. The van der Waals surface area contributed by atoms with E-state index in [2.05, 4.69) is 6.08 Å². The van der Waals surface area contributed by atoms with Crippen LogP contribution in [0.3, 0.4) is 0 Å². The van der Waals surface area contributed by atoms with Gasteiger partial charge in [0.2, 0.25) is 0 Å². The quantitative estimate of drug-likeness (QED) is 0.138. The predicted octanol–water partition coefficient (Wildman–Crippen LogP) is 6.28. The first-order valence-electron chi connectivity index (χ1n) is 15.7. The molecule has 12 heteroatoms. The fourth-order valence-electron chi connectivity index (χ4n) is 6.11. The Labute approximate surface area is 294 Å². The van der Waals surface area contributed by atoms with Gasteiger partial charge in [-0.3, -0.25) is 19.3 Å². The second kappa shape index (κ2) is 15.1. The van der Waals surface area contributed by atoms with E-state index in [0.717, 1.165) is 64.7 Å². The van der Waals surface area contributed by atoms with Crippen LogP contribution in [0.15, 0.2) is 88.4 Å². The number of esters is 1. The first-order valence-corrected chi connectivity index (χ1v) is 16.9. The maximum absolute atomic E-state index is 13.8. The van der Waals surface area contributed by atoms with Gasteiger partial charge in [-0.2, -0.15) is 5.10 Å². The molecule has 1 saturated heterocycles. The van der Waals surface area contributed by atoms with Gasteiger partial charge in [-0.25, -0.2) is 5.01 Å². The molecule has 0 N–H and O–H groups in total. The molecule has 1 saturated carbocycles. The van der Waals surface area contributed by atoms with Crippen LogP contribution in [-0.2, 0) is 19.1 Å². The van der Waals surface area contributed by atoms with E-state index in [1.807, 2.05) is 60.7 Å². The first-order chi connectivity index (χ1) is 23.8. The van der Waals surface area contributed by atoms with Gasteiger partial charge in [-0.15, -0.1) is 0 Å². The highest BCUT2D eigenvalue weighted by Gasteiger charge is 2.44. The number of fused-ring (bicyclic) bond motifs is 1. The minimum absolute atomic E-state index is 0.0428. The van der Waals surface area contributed by atoms with E-state index in [-0.39, 0.29) is 16.3 Å². The molecule has 3 aliphatic rings. The van der Waals surface area contributed by atoms with Crippen LogP contribution >= 0.6 is 24.0 Å². The lowest BCUT2D eigenvalue weighted by Gasteiger charge is -2.29. The SMILES string of the molecule is COc1ccc(/C=C2/CCC[C@@H]3C2=NN(C(=O)COC(=O)CN2C(=O)/C(=C\c4ccc(OC)cc4)SC2=S)[C@@H]3c2ccc(OC)cc2)cc1. The third-order valence-electron chi connectivity index (χ3n) is 8.60. The number of carbonyl (C=O) groups is 3. The van der Waals surface area contributed by atoms with Crippen molar-refractivity contribution in [2.75, 3.05) is 34.5 Å². The number of thiocarbonyl (C=S) groups is 1. The smallest absolute Gasteiger partial charge is 0.326 e. The van der Waals surface area contributed by atoms with Crippen molar-refractivity contribution < 1.29 is 33.3 Å². The summed E-state index contributed by atoms with van der Waals surface area (Å²) < 4.78 is 21.5. The molecule has 0 unspecified atom stereocenters. The fraction of sp³-hybridized carbons (Fsp3) is 0.270. The van der Waals surface area contributed by atoms with Crippen molar-refractivity contribution in [3.05, 3.63) is 100.0 Å². The number of thioether (sulfide) groups is 1. The number of methoxy groups -OCH3 is 3. The molecule has 10 nitrogen and oxygen atoms in total. The Balaban J connectivity index is 1.17. The number of benzene rings is 3. The van der Waals surface area contributed by atoms with Crippen molar-refractivity contribution in [1.82, 2.24) is 9.91 Å². The molecular formula is C37H35N3O7S2. The van der Waals surface area contributed by atoms with Gasteiger partial charge in [0.05, 0.1) is 38.0 Å². The number of rotatable bonds is 10. The van der Waals surface area contributed by atoms with Crippen LogP contribution in [-0.4, -0.2) is 72.2 Å². The van der Waals surface area contributed by atoms with Gasteiger partial charge < -0.3 is 18.9 Å². The molecule has 3 aromatic rings. The Morgan fingerprint density at radius 3 is 2.04 bits per heavy atom. The van der Waals surface area contributed by atoms with Gasteiger partial charge in [0, 0.05) is 5.92 Å². The van der Waals surface area contributed by atoms with Crippen molar-refractivity contribution in [2.24, 2.45) is 11.0 Å². The third kappa shape index (κ3) is 7.55. The number of hydrazone groups is 1. The monoisotopic (exact) mass is 697 g/mol. The lowest BCUT2D eigenvalue weighted by Crippen LogP contribution is -2.37. The second-order valence-corrected chi connectivity index (χ2v) is 13.3. The highest BCUT2D eigenvalue weighted by Crippen LogP contribution is 2.45. The van der Waals surface area contributed by atoms with E-state index in [4.69, 9.17) is 36.3 Å². The second-order valence-electron chi connectivity index (χ2n) is 11.6. The number of carbonyl (C=O) groups excluding carboxylic acids is 3. The highest BCUT2D eigenvalue weighted by molar-refractivity contribution is 8.26. The Hall–Kier alpha value is -4.94. The molecular weight excluding hydrogens is 663 g/mol. The van der Waals surface area contributed by atoms with Crippen LogP contribution in [0, 0.1) is 5.92 Å². The standard InChI is InChI=1S/C37H35N3O7S2/c1-44-27-13-7-23(8-14-27)19-26-5-4-6-30-34(26)38-40(35(30)25-11-17-29(46-3)18-12-25)32(41)22-47-33(42)21-39-36(43)31(49-37(39)48)20-24-9-15-28(45-2)16-10-24/h7-20,30,35H,4-6,21-22H2,1-3H3/b26-19-,31-20+/t30-,35-/m1/s1. The summed E-state index contributed by atoms with van der Waals surface area (Å²) in [6, 6.07) is 22.2. The van der Waals surface area contributed by atoms with E-state index in [1.165, 1.54) is 9.91 Å². The summed E-state index contributed by atoms with van der Waals surface area (Å²) in [5.74, 6) is 0.506. The Morgan fingerprint density at radius 1 is 0.878 bits per heavy atom. The molecule has 2 atom stereocenters. The van der Waals surface area contributed by atoms with Crippen molar-refractivity contribution >= 4 is 63.9 Å². The van der Waals surface area contributed by atoms with Gasteiger partial charge in [-0.1, -0.05) is 60.4 Å². The van der Waals surface area contributed by atoms with Crippen molar-refractivity contribution in [1.29, 1.82) is 0 Å². The molecule has 3 aromatic carbocycles. The van der Waals surface area contributed by atoms with Crippen molar-refractivity contribution in [3.63, 3.8) is 0 Å². The molecule has 0 bridgehead atoms. The molecule has 1 aliphatic carbocycles. The normalized spacial score (nSPS) is 20.3. The van der Waals surface area contributed by atoms with E-state index >= 15 is 0 Å². The van der Waals surface area contributed by atoms with Crippen LogP contribution in [0.25, 0.3) is 12.2 Å². The zero-order chi connectivity index (χ0) is 34.5. The van der Waals surface area contributed by atoms with Gasteiger partial charge in [-0.05, 0) is 90.1 Å². The molecule has 252 valence electrons. The largest absolute Gasteiger partial charge is 0.497 e. The summed E-state index contributed by atoms with van der Waals surface area (Å²) in [6.45, 7) is -0.950. The number of hydrogen-bond donors (Lipinski definition) is 0. The number of ether oxygens (including phenoxy) is 4. The molecule has 2 heterocycles. The predicted molar refractivity (Wildman–Crippen MR) is 192 cm³/mol. The van der Waals surface area contributed by atoms with E-state index in [9.17, 15) is 14.4 Å². The Morgan fingerprint density at radius 2 is 1.45 bits per heavy atom. The molecule has 2 aliphatic heterocycles. The van der Waals surface area contributed by atoms with Gasteiger partial charge >= 0.3 is 5.97 Å². The van der Waals surface area contributed by atoms with Crippen molar-refractivity contribution in [2.45, 2.75) is 25.3 Å². The van der Waals surface area contributed by atoms with Gasteiger partial charge in [0.15, 0.2) is 6.61 Å². The Kier molecular flexibility index (Phi) is 10.4. The topological polar surface area (TPSA) is 107 Å². The van der Waals surface area contributed by atoms with E-state index < -0.39 is 30.9 Å². The summed E-state index contributed by atoms with van der Waals surface area (Å²) >= 11 is 6.50. The molecule has 49 heavy (non-hydrogen) atoms. The van der Waals surface area contributed by atoms with Crippen LogP contribution < -0.4 is 14.2 Å². The molecule has 2 amide bonds. The van der Waals surface area contributed by atoms with Crippen LogP contribution in [0.1, 0.15) is 42.0 Å². The number of nitrogens with zero attached hydrogens (tertiary/aromatic N) is 3. The first kappa shape index (κ1) is 33.9. The van der Waals surface area contributed by atoms with E-state index in [0.29, 0.717) is 16.4 Å². The molecule has 6 rings (SSSR count). The summed E-state index contributed by atoms with van der Waals surface area (Å²) in [7, 11) is 4.81. The number of amides is 2. The molecule has 0 radical (unpaired) electrons. The minimum atomic E-state index is -0.749. The summed E-state index contributed by atoms with van der Waals surface area (Å²) in [4.78, 5) is 41.4.